The molecule has 1 N–H and O–H groups in total. The first kappa shape index (κ1) is 88.3. The lowest BCUT2D eigenvalue weighted by Crippen LogP contribution is -3.00. The van der Waals surface area contributed by atoms with Crippen LogP contribution < -0.4 is 64.6 Å². The van der Waals surface area contributed by atoms with Crippen LogP contribution in [0.1, 0.15) is 359 Å². The smallest absolute Gasteiger partial charge is 0.339 e. The fourth-order valence-electron chi connectivity index (χ4n) is 12.3. The van der Waals surface area contributed by atoms with E-state index in [1.807, 2.05) is 73.6 Å². The Bertz CT molecular complexity index is 2050. The molecule has 3 aromatic rings. The number of hydrogen-bond acceptors (Lipinski definition) is 7. The van der Waals surface area contributed by atoms with E-state index in [0.29, 0.717) is 0 Å². The zero-order valence-corrected chi connectivity index (χ0v) is 63.2. The molecule has 10 nitrogen and oxygen atoms in total. The summed E-state index contributed by atoms with van der Waals surface area (Å²) in [6.07, 6.45) is 74.3. The summed E-state index contributed by atoms with van der Waals surface area (Å²) in [7, 11) is 0. The molecule has 91 heavy (non-hydrogen) atoms. The van der Waals surface area contributed by atoms with Crippen molar-refractivity contribution in [3.05, 3.63) is 90.3 Å². The third kappa shape index (κ3) is 50.3. The van der Waals surface area contributed by atoms with Crippen LogP contribution in [0, 0.1) is 0 Å². The van der Waals surface area contributed by atoms with E-state index in [-0.39, 0.29) is 70.8 Å². The average molecular weight is 1470 g/mol. The molecule has 524 valence electrons. The quantitative estimate of drug-likeness (QED) is 0.0259. The number of pyridine rings is 3. The molecule has 3 rings (SSSR count). The summed E-state index contributed by atoms with van der Waals surface area (Å²) >= 11 is 0. The summed E-state index contributed by atoms with van der Waals surface area (Å²) in [5.41, 5.74) is -0.163. The van der Waals surface area contributed by atoms with E-state index in [1.165, 1.54) is 283 Å². The number of unbranched alkanes of at least 4 members (excludes halogenated alkanes) is 45. The Balaban J connectivity index is 0.0000270. The topological polar surface area (TPSA) is 111 Å². The van der Waals surface area contributed by atoms with Crippen LogP contribution in [0.2, 0.25) is 0 Å². The Labute approximate surface area is 589 Å². The fraction of sp³-hybridized carbons (Fsp3) is 0.769. The molecule has 0 amide bonds. The maximum atomic E-state index is 13.9. The second-order valence-corrected chi connectivity index (χ2v) is 26.5. The first-order chi connectivity index (χ1) is 43.2. The van der Waals surface area contributed by atoms with Gasteiger partial charge in [-0.05, 0) is 37.5 Å². The van der Waals surface area contributed by atoms with Gasteiger partial charge in [0, 0.05) is 37.5 Å². The maximum absolute atomic E-state index is 13.9. The Morgan fingerprint density at radius 1 is 0.319 bits per heavy atom. The van der Waals surface area contributed by atoms with Crippen molar-refractivity contribution in [1.29, 1.82) is 0 Å². The van der Waals surface area contributed by atoms with Crippen LogP contribution in [0.15, 0.2) is 73.6 Å². The van der Waals surface area contributed by atoms with Gasteiger partial charge in [-0.25, -0.2) is 18.5 Å². The molecule has 0 saturated heterocycles. The SMILES string of the molecule is CCCCCCCCCCCCCCCCCC[n+]1cccc(COC(=O)CC(O)(CC(=O)OCc2ccc[n+](CCCCCCCCCCCCCCCCCC)c2)C(=O)OCc2ccc[n+](CCCCCCCCCCCCCCCCCC)c2)c1.[Br-].[Br-].[Br-]. The van der Waals surface area contributed by atoms with E-state index in [4.69, 9.17) is 14.2 Å². The second kappa shape index (κ2) is 63.3. The molecule has 0 aliphatic heterocycles. The molecule has 0 aliphatic carbocycles. The lowest BCUT2D eigenvalue weighted by atomic mass is 9.95. The molecule has 0 aromatic carbocycles. The van der Waals surface area contributed by atoms with E-state index in [9.17, 15) is 19.5 Å². The number of halogens is 3. The van der Waals surface area contributed by atoms with Gasteiger partial charge in [-0.15, -0.1) is 0 Å². The number of aryl methyl sites for hydroxylation is 3. The van der Waals surface area contributed by atoms with Gasteiger partial charge in [-0.2, -0.15) is 0 Å². The number of carbonyl (C=O) groups is 3. The number of nitrogens with zero attached hydrogens (tertiary/aromatic N) is 3. The molecular weight excluding hydrogens is 1330 g/mol. The molecule has 0 spiro atoms. The predicted molar refractivity (Wildman–Crippen MR) is 362 cm³/mol. The van der Waals surface area contributed by atoms with Crippen molar-refractivity contribution < 1.29 is 98.3 Å². The summed E-state index contributed by atoms with van der Waals surface area (Å²) in [5, 5.41) is 12.0. The number of carbonyl (C=O) groups excluding carboxylic acids is 3. The van der Waals surface area contributed by atoms with Crippen molar-refractivity contribution in [2.75, 3.05) is 0 Å². The Morgan fingerprint density at radius 3 is 0.736 bits per heavy atom. The Kier molecular flexibility index (Phi) is 61.4. The molecule has 0 unspecified atom stereocenters. The number of hydrogen-bond donors (Lipinski definition) is 1. The van der Waals surface area contributed by atoms with Gasteiger partial charge in [-0.3, -0.25) is 9.59 Å². The van der Waals surface area contributed by atoms with E-state index in [1.54, 1.807) is 0 Å². The van der Waals surface area contributed by atoms with E-state index in [0.717, 1.165) is 62.0 Å². The summed E-state index contributed by atoms with van der Waals surface area (Å²) in [6, 6.07) is 11.5. The standard InChI is InChI=1S/C78H134N3O7.3BrH/c1-4-7-10-13-16-19-22-25-28-31-34-37-40-43-46-49-58-79-61-52-55-72(66-79)69-86-75(82)64-78(85,77(84)88-71-74-57-54-63-81(68-74)60-51-48-45-42-39-36-33-30-27-24-21-18-15-12-9-6-3)65-76(83)87-70-73-56-53-62-80(67-73)59-50-47-44-41-38-35-32-29-26-23-20-17-14-11-8-5-2;;;/h52-57,61-63,66-68,85H,4-51,58-60,64-65,69-71H2,1-3H3;3*1H/q+3;;;/p-3. The largest absolute Gasteiger partial charge is 1.00 e. The third-order valence-electron chi connectivity index (χ3n) is 18.0. The number of ether oxygens (including phenoxy) is 3. The molecule has 3 aromatic heterocycles. The lowest BCUT2D eigenvalue weighted by molar-refractivity contribution is -0.698. The first-order valence-electron chi connectivity index (χ1n) is 37.4. The molecule has 0 saturated carbocycles. The van der Waals surface area contributed by atoms with Gasteiger partial charge in [0.1, 0.15) is 39.5 Å². The van der Waals surface area contributed by atoms with Crippen LogP contribution in [-0.4, -0.2) is 28.6 Å². The number of esters is 3. The predicted octanol–water partition coefficient (Wildman–Crippen LogP) is 11.4. The molecule has 0 radical (unpaired) electrons. The molecule has 0 fully saturated rings. The maximum Gasteiger partial charge on any atom is 0.339 e. The van der Waals surface area contributed by atoms with Gasteiger partial charge in [0.15, 0.2) is 42.8 Å². The molecule has 13 heteroatoms. The van der Waals surface area contributed by atoms with Gasteiger partial charge in [0.2, 0.25) is 0 Å². The van der Waals surface area contributed by atoms with Gasteiger partial charge in [0.05, 0.1) is 29.5 Å². The molecular formula is C78H134Br3N3O7. The van der Waals surface area contributed by atoms with Gasteiger partial charge >= 0.3 is 17.9 Å². The summed E-state index contributed by atoms with van der Waals surface area (Å²) < 4.78 is 23.5. The monoisotopic (exact) mass is 1460 g/mol. The summed E-state index contributed by atoms with van der Waals surface area (Å²) in [6.45, 7) is 9.24. The minimum absolute atomic E-state index is 0. The third-order valence-corrected chi connectivity index (χ3v) is 18.0. The van der Waals surface area contributed by atoms with Crippen molar-refractivity contribution >= 4 is 17.9 Å². The highest BCUT2D eigenvalue weighted by Gasteiger charge is 2.43. The van der Waals surface area contributed by atoms with E-state index in [2.05, 4.69) is 34.5 Å². The van der Waals surface area contributed by atoms with Crippen LogP contribution >= 0.6 is 0 Å². The molecule has 0 aliphatic rings. The Morgan fingerprint density at radius 2 is 0.516 bits per heavy atom. The number of rotatable bonds is 62. The minimum Gasteiger partial charge on any atom is -1.00 e. The number of aromatic nitrogens is 3. The van der Waals surface area contributed by atoms with E-state index < -0.39 is 36.4 Å². The summed E-state index contributed by atoms with van der Waals surface area (Å²) in [4.78, 5) is 41.1. The molecule has 3 heterocycles. The minimum atomic E-state index is -2.50. The Hall–Kier alpha value is -2.74. The van der Waals surface area contributed by atoms with Gasteiger partial charge in [-0.1, -0.05) is 290 Å². The second-order valence-electron chi connectivity index (χ2n) is 26.5. The van der Waals surface area contributed by atoms with Crippen LogP contribution in [0.3, 0.4) is 0 Å². The fourth-order valence-corrected chi connectivity index (χ4v) is 12.3. The van der Waals surface area contributed by atoms with Crippen molar-refractivity contribution in [3.8, 4) is 0 Å². The number of aliphatic hydroxyl groups is 1. The zero-order chi connectivity index (χ0) is 62.9. The van der Waals surface area contributed by atoms with Crippen LogP contribution in [0.4, 0.5) is 0 Å². The molecule has 0 atom stereocenters. The highest BCUT2D eigenvalue weighted by molar-refractivity contribution is 5.90. The lowest BCUT2D eigenvalue weighted by Gasteiger charge is -2.24. The van der Waals surface area contributed by atoms with Crippen LogP contribution in [-0.2, 0) is 68.0 Å². The van der Waals surface area contributed by atoms with Crippen molar-refractivity contribution in [3.63, 3.8) is 0 Å². The van der Waals surface area contributed by atoms with Gasteiger partial charge < -0.3 is 70.3 Å². The first-order valence-corrected chi connectivity index (χ1v) is 37.4. The van der Waals surface area contributed by atoms with Crippen LogP contribution in [0.25, 0.3) is 0 Å². The normalized spacial score (nSPS) is 11.2. The molecule has 0 bridgehead atoms. The van der Waals surface area contributed by atoms with E-state index >= 15 is 0 Å². The van der Waals surface area contributed by atoms with Crippen molar-refractivity contribution in [2.24, 2.45) is 0 Å². The van der Waals surface area contributed by atoms with Crippen molar-refractivity contribution in [1.82, 2.24) is 0 Å². The highest BCUT2D eigenvalue weighted by Crippen LogP contribution is 2.23. The zero-order valence-electron chi connectivity index (χ0n) is 58.4. The van der Waals surface area contributed by atoms with Crippen molar-refractivity contribution in [2.45, 2.75) is 387 Å². The summed E-state index contributed by atoms with van der Waals surface area (Å²) in [5.74, 6) is -2.69. The highest BCUT2D eigenvalue weighted by atomic mass is 79.9. The van der Waals surface area contributed by atoms with Crippen LogP contribution in [0.5, 0.6) is 0 Å². The average Bonchev–Trinajstić information content (AvgIpc) is 2.24. The van der Waals surface area contributed by atoms with Gasteiger partial charge in [0.25, 0.3) is 0 Å².